The molecule has 1 unspecified atom stereocenters. The van der Waals surface area contributed by atoms with Crippen LogP contribution < -0.4 is 10.1 Å². The van der Waals surface area contributed by atoms with Crippen LogP contribution in [-0.2, 0) is 0 Å². The van der Waals surface area contributed by atoms with Gasteiger partial charge in [0.15, 0.2) is 0 Å². The van der Waals surface area contributed by atoms with Gasteiger partial charge in [-0.25, -0.2) is 9.97 Å². The Balaban J connectivity index is 2.08. The largest absolute Gasteiger partial charge is 0.481 e. The van der Waals surface area contributed by atoms with Gasteiger partial charge in [0.1, 0.15) is 12.0 Å². The number of carbonyl (C=O) groups excluding carboxylic acids is 1. The molecule has 0 aliphatic heterocycles. The fourth-order valence-electron chi connectivity index (χ4n) is 1.67. The molecule has 0 aliphatic rings. The topological polar surface area (TPSA) is 64.1 Å². The van der Waals surface area contributed by atoms with Gasteiger partial charge in [0, 0.05) is 6.07 Å². The van der Waals surface area contributed by atoms with Crippen molar-refractivity contribution in [2.24, 2.45) is 0 Å². The first-order valence-corrected chi connectivity index (χ1v) is 5.92. The van der Waals surface area contributed by atoms with Crippen molar-refractivity contribution < 1.29 is 9.53 Å². The molecule has 5 heteroatoms. The third-order valence-corrected chi connectivity index (χ3v) is 2.73. The van der Waals surface area contributed by atoms with Crippen LogP contribution in [0.5, 0.6) is 5.88 Å². The van der Waals surface area contributed by atoms with Crippen molar-refractivity contribution in [3.63, 3.8) is 0 Å². The Bertz CT molecular complexity index is 558. The quantitative estimate of drug-likeness (QED) is 0.909. The normalized spacial score (nSPS) is 11.7. The number of hydrogen-bond acceptors (Lipinski definition) is 4. The predicted molar refractivity (Wildman–Crippen MR) is 70.9 cm³/mol. The summed E-state index contributed by atoms with van der Waals surface area (Å²) in [5.74, 6) is 0.115. The molecule has 1 N–H and O–H groups in total. The summed E-state index contributed by atoms with van der Waals surface area (Å²) in [5, 5.41) is 2.88. The van der Waals surface area contributed by atoms with E-state index in [1.165, 1.54) is 19.5 Å². The average molecular weight is 257 g/mol. The Morgan fingerprint density at radius 1 is 1.26 bits per heavy atom. The van der Waals surface area contributed by atoms with Crippen molar-refractivity contribution in [3.05, 3.63) is 54.0 Å². The second-order valence-corrected chi connectivity index (χ2v) is 4.05. The van der Waals surface area contributed by atoms with Crippen LogP contribution in [0.25, 0.3) is 0 Å². The first-order chi connectivity index (χ1) is 9.20. The van der Waals surface area contributed by atoms with Gasteiger partial charge in [-0.3, -0.25) is 4.79 Å². The SMILES string of the molecule is COc1cc(C(=O)NC(C)c2ccccc2)ncn1. The number of benzene rings is 1. The van der Waals surface area contributed by atoms with Crippen LogP contribution in [-0.4, -0.2) is 23.0 Å². The van der Waals surface area contributed by atoms with Gasteiger partial charge in [0.05, 0.1) is 13.2 Å². The van der Waals surface area contributed by atoms with E-state index in [1.807, 2.05) is 37.3 Å². The number of rotatable bonds is 4. The number of methoxy groups -OCH3 is 1. The minimum Gasteiger partial charge on any atom is -0.481 e. The molecular weight excluding hydrogens is 242 g/mol. The Hall–Kier alpha value is -2.43. The van der Waals surface area contributed by atoms with E-state index >= 15 is 0 Å². The number of aromatic nitrogens is 2. The molecule has 0 saturated carbocycles. The van der Waals surface area contributed by atoms with Crippen molar-refractivity contribution in [2.45, 2.75) is 13.0 Å². The van der Waals surface area contributed by atoms with E-state index in [-0.39, 0.29) is 17.6 Å². The van der Waals surface area contributed by atoms with Crippen molar-refractivity contribution in [2.75, 3.05) is 7.11 Å². The van der Waals surface area contributed by atoms with Crippen LogP contribution in [0.4, 0.5) is 0 Å². The summed E-state index contributed by atoms with van der Waals surface area (Å²) in [6, 6.07) is 11.2. The first-order valence-electron chi connectivity index (χ1n) is 5.92. The number of carbonyl (C=O) groups is 1. The molecule has 2 aromatic rings. The summed E-state index contributed by atoms with van der Waals surface area (Å²) in [6.07, 6.45) is 1.31. The van der Waals surface area contributed by atoms with Crippen LogP contribution in [0.15, 0.2) is 42.7 Å². The van der Waals surface area contributed by atoms with E-state index in [0.29, 0.717) is 5.88 Å². The number of nitrogens with one attached hydrogen (secondary N) is 1. The maximum Gasteiger partial charge on any atom is 0.270 e. The molecule has 0 bridgehead atoms. The lowest BCUT2D eigenvalue weighted by Gasteiger charge is -2.13. The van der Waals surface area contributed by atoms with Gasteiger partial charge >= 0.3 is 0 Å². The summed E-state index contributed by atoms with van der Waals surface area (Å²) in [5.41, 5.74) is 1.33. The molecule has 1 heterocycles. The number of hydrogen-bond donors (Lipinski definition) is 1. The zero-order valence-corrected chi connectivity index (χ0v) is 10.8. The van der Waals surface area contributed by atoms with Gasteiger partial charge in [-0.1, -0.05) is 30.3 Å². The Morgan fingerprint density at radius 3 is 2.68 bits per heavy atom. The molecule has 1 aromatic heterocycles. The van der Waals surface area contributed by atoms with E-state index < -0.39 is 0 Å². The number of ether oxygens (including phenoxy) is 1. The van der Waals surface area contributed by atoms with Crippen LogP contribution >= 0.6 is 0 Å². The van der Waals surface area contributed by atoms with E-state index in [4.69, 9.17) is 4.74 Å². The first kappa shape index (κ1) is 13.0. The summed E-state index contributed by atoms with van der Waals surface area (Å²) in [7, 11) is 1.50. The van der Waals surface area contributed by atoms with E-state index in [0.717, 1.165) is 5.56 Å². The van der Waals surface area contributed by atoms with Gasteiger partial charge in [-0.15, -0.1) is 0 Å². The van der Waals surface area contributed by atoms with Gasteiger partial charge < -0.3 is 10.1 Å². The molecule has 0 radical (unpaired) electrons. The highest BCUT2D eigenvalue weighted by Crippen LogP contribution is 2.12. The van der Waals surface area contributed by atoms with Crippen molar-refractivity contribution in [1.82, 2.24) is 15.3 Å². The van der Waals surface area contributed by atoms with Crippen LogP contribution in [0.2, 0.25) is 0 Å². The lowest BCUT2D eigenvalue weighted by atomic mass is 10.1. The highest BCUT2D eigenvalue weighted by atomic mass is 16.5. The molecule has 0 saturated heterocycles. The zero-order chi connectivity index (χ0) is 13.7. The van der Waals surface area contributed by atoms with Crippen LogP contribution in [0, 0.1) is 0 Å². The molecule has 0 fully saturated rings. The van der Waals surface area contributed by atoms with Crippen molar-refractivity contribution >= 4 is 5.91 Å². The fourth-order valence-corrected chi connectivity index (χ4v) is 1.67. The average Bonchev–Trinajstić information content (AvgIpc) is 2.48. The Morgan fingerprint density at radius 2 is 2.00 bits per heavy atom. The standard InChI is InChI=1S/C14H15N3O2/c1-10(11-6-4-3-5-7-11)17-14(18)12-8-13(19-2)16-9-15-12/h3-10H,1-2H3,(H,17,18). The lowest BCUT2D eigenvalue weighted by Crippen LogP contribution is -2.27. The predicted octanol–water partition coefficient (Wildman–Crippen LogP) is 1.98. The second kappa shape index (κ2) is 5.95. The molecule has 19 heavy (non-hydrogen) atoms. The molecule has 1 aromatic carbocycles. The smallest absolute Gasteiger partial charge is 0.270 e. The van der Waals surface area contributed by atoms with Crippen molar-refractivity contribution in [1.29, 1.82) is 0 Å². The zero-order valence-electron chi connectivity index (χ0n) is 10.8. The summed E-state index contributed by atoms with van der Waals surface area (Å²) >= 11 is 0. The number of amides is 1. The molecule has 98 valence electrons. The molecule has 1 atom stereocenters. The molecule has 2 rings (SSSR count). The minimum atomic E-state index is -0.253. The van der Waals surface area contributed by atoms with Gasteiger partial charge in [0.2, 0.25) is 5.88 Å². The Kier molecular flexibility index (Phi) is 4.07. The van der Waals surface area contributed by atoms with Crippen LogP contribution in [0.1, 0.15) is 29.0 Å². The van der Waals surface area contributed by atoms with Crippen molar-refractivity contribution in [3.8, 4) is 5.88 Å². The monoisotopic (exact) mass is 257 g/mol. The third-order valence-electron chi connectivity index (χ3n) is 2.73. The second-order valence-electron chi connectivity index (χ2n) is 4.05. The van der Waals surface area contributed by atoms with E-state index in [2.05, 4.69) is 15.3 Å². The molecule has 0 aliphatic carbocycles. The van der Waals surface area contributed by atoms with E-state index in [9.17, 15) is 4.79 Å². The fraction of sp³-hybridized carbons (Fsp3) is 0.214. The summed E-state index contributed by atoms with van der Waals surface area (Å²) < 4.78 is 4.96. The van der Waals surface area contributed by atoms with Crippen LogP contribution in [0.3, 0.4) is 0 Å². The maximum absolute atomic E-state index is 12.0. The highest BCUT2D eigenvalue weighted by Gasteiger charge is 2.13. The number of nitrogens with zero attached hydrogens (tertiary/aromatic N) is 2. The lowest BCUT2D eigenvalue weighted by molar-refractivity contribution is 0.0934. The highest BCUT2D eigenvalue weighted by molar-refractivity contribution is 5.92. The van der Waals surface area contributed by atoms with Gasteiger partial charge in [-0.2, -0.15) is 0 Å². The van der Waals surface area contributed by atoms with Gasteiger partial charge in [-0.05, 0) is 12.5 Å². The molecule has 5 nitrogen and oxygen atoms in total. The maximum atomic E-state index is 12.0. The van der Waals surface area contributed by atoms with E-state index in [1.54, 1.807) is 0 Å². The molecule has 0 spiro atoms. The molecule has 1 amide bonds. The van der Waals surface area contributed by atoms with Gasteiger partial charge in [0.25, 0.3) is 5.91 Å². The Labute approximate surface area is 111 Å². The summed E-state index contributed by atoms with van der Waals surface area (Å²) in [6.45, 7) is 1.92. The molecular formula is C14H15N3O2. The third kappa shape index (κ3) is 3.28. The minimum absolute atomic E-state index is 0.0883. The summed E-state index contributed by atoms with van der Waals surface area (Å²) in [4.78, 5) is 19.8.